The quantitative estimate of drug-likeness (QED) is 0.105. The molecule has 0 aromatic heterocycles. The third kappa shape index (κ3) is 12.6. The summed E-state index contributed by atoms with van der Waals surface area (Å²) in [6.07, 6.45) is 13.5. The normalized spacial score (nSPS) is 27.1. The zero-order valence-electron chi connectivity index (χ0n) is 43.5. The van der Waals surface area contributed by atoms with Gasteiger partial charge in [0.2, 0.25) is 0 Å². The number of benzene rings is 4. The summed E-state index contributed by atoms with van der Waals surface area (Å²) in [4.78, 5) is 0. The minimum absolute atomic E-state index is 0. The Bertz CT molecular complexity index is 2510. The minimum Gasteiger partial charge on any atom is -1.00 e. The summed E-state index contributed by atoms with van der Waals surface area (Å²) < 4.78 is 34.3. The van der Waals surface area contributed by atoms with Gasteiger partial charge in [-0.15, -0.1) is 69.1 Å². The first-order valence-electron chi connectivity index (χ1n) is 27.0. The van der Waals surface area contributed by atoms with E-state index in [1.54, 1.807) is 24.0 Å². The van der Waals surface area contributed by atoms with Gasteiger partial charge < -0.3 is 24.8 Å². The monoisotopic (exact) mass is 1090 g/mol. The van der Waals surface area contributed by atoms with Crippen LogP contribution < -0.4 is 24.8 Å². The van der Waals surface area contributed by atoms with Crippen molar-refractivity contribution in [1.29, 1.82) is 0 Å². The number of rotatable bonds is 8. The molecule has 0 nitrogen and oxygen atoms in total. The van der Waals surface area contributed by atoms with Gasteiger partial charge in [0.25, 0.3) is 0 Å². The molecule has 6 aromatic rings. The molecule has 0 unspecified atom stereocenters. The summed E-state index contributed by atoms with van der Waals surface area (Å²) >= 11 is 1.29. The van der Waals surface area contributed by atoms with Crippen molar-refractivity contribution >= 4 is 27.0 Å². The Morgan fingerprint density at radius 2 is 0.845 bits per heavy atom. The van der Waals surface area contributed by atoms with Crippen molar-refractivity contribution in [2.45, 2.75) is 155 Å². The SMILES string of the molecule is CC(C)(C)c1ccc(-c2cccc3[cH-]c(CC4C5CC6CC(C5)CC4C6)cc23)cc1.CC(C)(C)c1ccc(-c2cccc3[cH-]c(CC4C5CC6CC(C5)CC4C6)cc23)cc1.C[Si](=[Zr+2])CCC(F)(F)F.[Cl-].[Cl-]. The zero-order chi connectivity index (χ0) is 48.4. The van der Waals surface area contributed by atoms with Crippen molar-refractivity contribution in [2.75, 3.05) is 0 Å². The largest absolute Gasteiger partial charge is 1.00 e. The van der Waals surface area contributed by atoms with E-state index >= 15 is 0 Å². The maximum atomic E-state index is 11.4. The van der Waals surface area contributed by atoms with Crippen molar-refractivity contribution in [2.24, 2.45) is 59.2 Å². The van der Waals surface area contributed by atoms with Crippen LogP contribution in [-0.2, 0) is 47.0 Å². The van der Waals surface area contributed by atoms with Crippen molar-refractivity contribution in [1.82, 2.24) is 0 Å². The van der Waals surface area contributed by atoms with Crippen LogP contribution in [0.3, 0.4) is 0 Å². The third-order valence-corrected chi connectivity index (χ3v) is 21.2. The van der Waals surface area contributed by atoms with Gasteiger partial charge in [-0.3, -0.25) is 0 Å². The molecule has 7 heteroatoms. The molecule has 0 aliphatic heterocycles. The van der Waals surface area contributed by atoms with Gasteiger partial charge in [0.1, 0.15) is 0 Å². The molecule has 14 rings (SSSR count). The van der Waals surface area contributed by atoms with Crippen LogP contribution in [0.4, 0.5) is 13.2 Å². The van der Waals surface area contributed by atoms with E-state index < -0.39 is 18.0 Å². The second-order valence-electron chi connectivity index (χ2n) is 25.5. The number of fused-ring (bicyclic) bond motifs is 2. The van der Waals surface area contributed by atoms with Crippen LogP contribution in [0.1, 0.15) is 134 Å². The molecule has 6 aromatic carbocycles. The Morgan fingerprint density at radius 1 is 0.507 bits per heavy atom. The van der Waals surface area contributed by atoms with Gasteiger partial charge in [-0.1, -0.05) is 113 Å². The molecule has 0 saturated heterocycles. The van der Waals surface area contributed by atoms with E-state index in [-0.39, 0.29) is 35.6 Å². The fraction of sp³-hybridized carbons (Fsp3) is 0.531. The predicted octanol–water partition coefficient (Wildman–Crippen LogP) is 12.4. The van der Waals surface area contributed by atoms with E-state index in [1.165, 1.54) is 142 Å². The van der Waals surface area contributed by atoms with Crippen molar-refractivity contribution in [3.63, 3.8) is 0 Å². The maximum Gasteiger partial charge on any atom is -1.00 e. The van der Waals surface area contributed by atoms with Gasteiger partial charge in [0.15, 0.2) is 0 Å². The van der Waals surface area contributed by atoms with Crippen molar-refractivity contribution < 1.29 is 61.3 Å². The first-order valence-corrected chi connectivity index (χ1v) is 32.9. The topological polar surface area (TPSA) is 0 Å². The van der Waals surface area contributed by atoms with Gasteiger partial charge in [-0.05, 0) is 169 Å². The first kappa shape index (κ1) is 54.8. The number of hydrogen-bond acceptors (Lipinski definition) is 0. The molecule has 0 atom stereocenters. The number of halogens is 5. The first-order chi connectivity index (χ1) is 32.8. The standard InChI is InChI=1S/2C30H35.C4H7F3Si.2ClH.Zr/c2*1-30(2,3)26-9-7-22(8-10-26)27-6-4-5-23-12-21(18-29(23)27)17-28-24-13-19-11-20(15-24)16-25(28)14-19;1-8-3-2-4(5,6)7;;;/h2*4-10,12,18-20,24-25,28H,11,13-17H2,1-3H3;2-3H2,1H3;2*1H;/q2*-1;;;;+2/p-2. The summed E-state index contributed by atoms with van der Waals surface area (Å²) in [5.41, 5.74) is 11.3. The minimum atomic E-state index is -3.93. The summed E-state index contributed by atoms with van der Waals surface area (Å²) in [6.45, 7) is 15.7. The van der Waals surface area contributed by atoms with Crippen LogP contribution in [0, 0.1) is 59.2 Å². The maximum absolute atomic E-state index is 11.4. The Labute approximate surface area is 452 Å². The second-order valence-corrected chi connectivity index (χ2v) is 33.8. The van der Waals surface area contributed by atoms with Gasteiger partial charge in [0, 0.05) is 0 Å². The van der Waals surface area contributed by atoms with Crippen LogP contribution in [0.15, 0.2) is 109 Å². The predicted molar refractivity (Wildman–Crippen MR) is 283 cm³/mol. The molecular formula is C64H77Cl2F3SiZr-2. The molecule has 8 aliphatic carbocycles. The Kier molecular flexibility index (Phi) is 17.0. The van der Waals surface area contributed by atoms with Crippen molar-refractivity contribution in [3.05, 3.63) is 131 Å². The molecular weight excluding hydrogens is 1020 g/mol. The number of hydrogen-bond donors (Lipinski definition) is 0. The molecule has 8 fully saturated rings. The average Bonchev–Trinajstić information content (AvgIpc) is 3.91. The molecule has 8 aliphatic rings. The molecule has 0 amide bonds. The van der Waals surface area contributed by atoms with Gasteiger partial charge in [-0.25, -0.2) is 0 Å². The summed E-state index contributed by atoms with van der Waals surface area (Å²) in [6, 6.07) is 42.6. The fourth-order valence-corrected chi connectivity index (χ4v) is 16.8. The molecule has 0 radical (unpaired) electrons. The summed E-state index contributed by atoms with van der Waals surface area (Å²) in [7, 11) is 0. The van der Waals surface area contributed by atoms with E-state index in [0.29, 0.717) is 6.04 Å². The van der Waals surface area contributed by atoms with Crippen LogP contribution >= 0.6 is 0 Å². The van der Waals surface area contributed by atoms with Gasteiger partial charge in [0.05, 0.1) is 0 Å². The zero-order valence-corrected chi connectivity index (χ0v) is 48.4. The van der Waals surface area contributed by atoms with Crippen molar-refractivity contribution in [3.8, 4) is 22.3 Å². The molecule has 8 bridgehead atoms. The third-order valence-electron chi connectivity index (χ3n) is 18.3. The van der Waals surface area contributed by atoms with Crippen LogP contribution in [0.25, 0.3) is 43.8 Å². The Morgan fingerprint density at radius 3 is 1.13 bits per heavy atom. The van der Waals surface area contributed by atoms with Crippen LogP contribution in [0.2, 0.25) is 12.6 Å². The van der Waals surface area contributed by atoms with Crippen LogP contribution in [0.5, 0.6) is 0 Å². The summed E-state index contributed by atoms with van der Waals surface area (Å²) in [5.74, 6) is 10.3. The molecule has 8 saturated carbocycles. The molecule has 0 spiro atoms. The Balaban J connectivity index is 0.000000159. The fourth-order valence-electron chi connectivity index (χ4n) is 15.2. The molecule has 0 N–H and O–H groups in total. The van der Waals surface area contributed by atoms with Crippen LogP contribution in [-0.4, -0.2) is 11.6 Å². The molecule has 71 heavy (non-hydrogen) atoms. The molecule has 0 heterocycles. The van der Waals surface area contributed by atoms with E-state index in [1.807, 2.05) is 6.55 Å². The van der Waals surface area contributed by atoms with Gasteiger partial charge >= 0.3 is 67.1 Å². The van der Waals surface area contributed by atoms with E-state index in [9.17, 15) is 13.2 Å². The van der Waals surface area contributed by atoms with E-state index in [4.69, 9.17) is 0 Å². The van der Waals surface area contributed by atoms with E-state index in [2.05, 4.69) is 151 Å². The van der Waals surface area contributed by atoms with E-state index in [0.717, 1.165) is 59.2 Å². The Hall–Kier alpha value is -2.43. The smallest absolute Gasteiger partial charge is 1.00 e. The number of alkyl halides is 3. The second kappa shape index (κ2) is 22.0. The average molecular weight is 1090 g/mol. The molecule has 378 valence electrons. The summed E-state index contributed by atoms with van der Waals surface area (Å²) in [5, 5.41) is 5.73. The van der Waals surface area contributed by atoms with Gasteiger partial charge in [-0.2, -0.15) is 12.1 Å².